The van der Waals surface area contributed by atoms with Crippen LogP contribution in [-0.2, 0) is 0 Å². The lowest BCUT2D eigenvalue weighted by atomic mass is 10.1. The fraction of sp³-hybridized carbons (Fsp3) is 0. The number of fused-ring (bicyclic) bond motifs is 9. The molecule has 0 unspecified atom stereocenters. The van der Waals surface area contributed by atoms with Gasteiger partial charge in [-0.25, -0.2) is 15.0 Å². The average Bonchev–Trinajstić information content (AvgIpc) is 3.86. The van der Waals surface area contributed by atoms with Gasteiger partial charge in [0.25, 0.3) is 0 Å². The number of nitrogens with zero attached hydrogens (tertiary/aromatic N) is 5. The van der Waals surface area contributed by atoms with Crippen molar-refractivity contribution in [3.63, 3.8) is 0 Å². The maximum Gasteiger partial charge on any atom is 0.166 e. The predicted molar refractivity (Wildman–Crippen MR) is 203 cm³/mol. The SMILES string of the molecule is c1ccc(-n2c3ccccc3c3ccccc32)c(-c2nc(-c3ccc4c(c3)oc3ccccc34)nc(-c3ccc4c(c3)oc3cnccc34)n2)c1. The summed E-state index contributed by atoms with van der Waals surface area (Å²) in [5.74, 6) is 1.64. The Hall–Kier alpha value is -7.12. The average molecular weight is 656 g/mol. The fourth-order valence-corrected chi connectivity index (χ4v) is 7.43. The van der Waals surface area contributed by atoms with Gasteiger partial charge in [0.1, 0.15) is 16.7 Å². The summed E-state index contributed by atoms with van der Waals surface area (Å²) in [5, 5.41) is 6.53. The Balaban J connectivity index is 1.16. The largest absolute Gasteiger partial charge is 0.456 e. The molecule has 11 aromatic rings. The molecule has 0 fully saturated rings. The molecule has 0 saturated carbocycles. The van der Waals surface area contributed by atoms with E-state index >= 15 is 0 Å². The van der Waals surface area contributed by atoms with Crippen molar-refractivity contribution in [3.05, 3.63) is 152 Å². The maximum atomic E-state index is 6.28. The van der Waals surface area contributed by atoms with Crippen molar-refractivity contribution in [2.45, 2.75) is 0 Å². The summed E-state index contributed by atoms with van der Waals surface area (Å²) in [5.41, 5.74) is 8.84. The molecule has 0 aliphatic carbocycles. The lowest BCUT2D eigenvalue weighted by Crippen LogP contribution is -2.03. The second kappa shape index (κ2) is 10.7. The van der Waals surface area contributed by atoms with Crippen LogP contribution in [0, 0.1) is 0 Å². The Morgan fingerprint density at radius 3 is 1.65 bits per heavy atom. The third-order valence-electron chi connectivity index (χ3n) is 9.77. The molecule has 0 saturated heterocycles. The molecular formula is C44H25N5O2. The van der Waals surface area contributed by atoms with E-state index in [2.05, 4.69) is 101 Å². The number of furan rings is 2. The first-order valence-corrected chi connectivity index (χ1v) is 16.8. The summed E-state index contributed by atoms with van der Waals surface area (Å²) in [6, 6.07) is 47.6. The van der Waals surface area contributed by atoms with Crippen LogP contribution < -0.4 is 0 Å². The van der Waals surface area contributed by atoms with Crippen LogP contribution >= 0.6 is 0 Å². The fourth-order valence-electron chi connectivity index (χ4n) is 7.43. The van der Waals surface area contributed by atoms with Crippen LogP contribution in [0.15, 0.2) is 161 Å². The highest BCUT2D eigenvalue weighted by atomic mass is 16.3. The Morgan fingerprint density at radius 2 is 0.941 bits per heavy atom. The van der Waals surface area contributed by atoms with Crippen molar-refractivity contribution in [1.82, 2.24) is 24.5 Å². The van der Waals surface area contributed by atoms with Crippen molar-refractivity contribution >= 4 is 65.7 Å². The summed E-state index contributed by atoms with van der Waals surface area (Å²) in [6.45, 7) is 0. The first-order chi connectivity index (χ1) is 25.3. The Kier molecular flexibility index (Phi) is 5.83. The third-order valence-corrected chi connectivity index (χ3v) is 9.77. The summed E-state index contributed by atoms with van der Waals surface area (Å²) in [6.07, 6.45) is 3.52. The monoisotopic (exact) mass is 655 g/mol. The molecule has 7 nitrogen and oxygen atoms in total. The Bertz CT molecular complexity index is 2980. The van der Waals surface area contributed by atoms with Gasteiger partial charge in [-0.05, 0) is 60.7 Å². The zero-order chi connectivity index (χ0) is 33.5. The molecule has 238 valence electrons. The Labute approximate surface area is 290 Å². The van der Waals surface area contributed by atoms with Gasteiger partial charge in [0, 0.05) is 55.2 Å². The van der Waals surface area contributed by atoms with Crippen LogP contribution in [0.25, 0.3) is 106 Å². The molecule has 0 bridgehead atoms. The van der Waals surface area contributed by atoms with Gasteiger partial charge in [-0.3, -0.25) is 4.98 Å². The van der Waals surface area contributed by atoms with Crippen molar-refractivity contribution < 1.29 is 8.83 Å². The minimum Gasteiger partial charge on any atom is -0.456 e. The zero-order valence-electron chi connectivity index (χ0n) is 27.0. The van der Waals surface area contributed by atoms with E-state index in [9.17, 15) is 0 Å². The number of pyridine rings is 1. The van der Waals surface area contributed by atoms with E-state index in [0.717, 1.165) is 77.3 Å². The standard InChI is InChI=1S/C44H25N5O2/c1-5-13-35-28(9-1)29-10-2-6-14-36(29)49(35)37-15-7-3-12-34(37)44-47-42(26-17-19-31-30-11-4-8-16-38(30)50-39(31)23-26)46-43(48-44)27-18-20-32-33-21-22-45-25-41(33)51-40(32)24-27/h1-25H. The molecule has 0 aliphatic rings. The molecular weight excluding hydrogens is 631 g/mol. The molecule has 0 amide bonds. The van der Waals surface area contributed by atoms with Crippen molar-refractivity contribution in [2.24, 2.45) is 0 Å². The quantitative estimate of drug-likeness (QED) is 0.188. The van der Waals surface area contributed by atoms with Crippen molar-refractivity contribution in [2.75, 3.05) is 0 Å². The van der Waals surface area contributed by atoms with E-state index in [-0.39, 0.29) is 0 Å². The van der Waals surface area contributed by atoms with Crippen LogP contribution in [0.5, 0.6) is 0 Å². The van der Waals surface area contributed by atoms with Gasteiger partial charge in [-0.2, -0.15) is 0 Å². The normalized spacial score (nSPS) is 11.9. The van der Waals surface area contributed by atoms with Crippen LogP contribution in [-0.4, -0.2) is 24.5 Å². The number of aromatic nitrogens is 5. The Morgan fingerprint density at radius 1 is 0.412 bits per heavy atom. The number of hydrogen-bond acceptors (Lipinski definition) is 6. The predicted octanol–water partition coefficient (Wildman–Crippen LogP) is 11.2. The molecule has 5 heterocycles. The van der Waals surface area contributed by atoms with Crippen LogP contribution in [0.1, 0.15) is 0 Å². The van der Waals surface area contributed by atoms with Gasteiger partial charge in [-0.15, -0.1) is 0 Å². The molecule has 11 rings (SSSR count). The lowest BCUT2D eigenvalue weighted by Gasteiger charge is -2.14. The maximum absolute atomic E-state index is 6.28. The highest BCUT2D eigenvalue weighted by molar-refractivity contribution is 6.10. The van der Waals surface area contributed by atoms with Crippen LogP contribution in [0.2, 0.25) is 0 Å². The molecule has 0 spiro atoms. The molecule has 5 aromatic heterocycles. The van der Waals surface area contributed by atoms with E-state index < -0.39 is 0 Å². The van der Waals surface area contributed by atoms with Gasteiger partial charge in [0.05, 0.1) is 22.9 Å². The summed E-state index contributed by atoms with van der Waals surface area (Å²) >= 11 is 0. The smallest absolute Gasteiger partial charge is 0.166 e. The lowest BCUT2D eigenvalue weighted by molar-refractivity contribution is 0.667. The molecule has 0 radical (unpaired) electrons. The molecule has 51 heavy (non-hydrogen) atoms. The first kappa shape index (κ1) is 27.8. The van der Waals surface area contributed by atoms with Gasteiger partial charge < -0.3 is 13.4 Å². The topological polar surface area (TPSA) is 82.8 Å². The van der Waals surface area contributed by atoms with Crippen LogP contribution in [0.4, 0.5) is 0 Å². The molecule has 0 atom stereocenters. The molecule has 7 heteroatoms. The van der Waals surface area contributed by atoms with Crippen LogP contribution in [0.3, 0.4) is 0 Å². The van der Waals surface area contributed by atoms with Crippen molar-refractivity contribution in [3.8, 4) is 39.9 Å². The minimum atomic E-state index is 0.539. The van der Waals surface area contributed by atoms with E-state index in [1.165, 1.54) is 10.8 Å². The van der Waals surface area contributed by atoms with E-state index in [1.807, 2.05) is 48.5 Å². The number of rotatable bonds is 4. The third kappa shape index (κ3) is 4.25. The summed E-state index contributed by atoms with van der Waals surface area (Å²) < 4.78 is 14.8. The molecule has 0 aliphatic heterocycles. The first-order valence-electron chi connectivity index (χ1n) is 16.8. The van der Waals surface area contributed by atoms with Gasteiger partial charge >= 0.3 is 0 Å². The van der Waals surface area contributed by atoms with Gasteiger partial charge in [-0.1, -0.05) is 78.9 Å². The second-order valence-corrected chi connectivity index (χ2v) is 12.7. The molecule has 0 N–H and O–H groups in total. The number of hydrogen-bond donors (Lipinski definition) is 0. The van der Waals surface area contributed by atoms with E-state index in [4.69, 9.17) is 23.8 Å². The van der Waals surface area contributed by atoms with E-state index in [0.29, 0.717) is 17.5 Å². The van der Waals surface area contributed by atoms with Crippen molar-refractivity contribution in [1.29, 1.82) is 0 Å². The minimum absolute atomic E-state index is 0.539. The number of benzene rings is 6. The zero-order valence-corrected chi connectivity index (χ0v) is 27.0. The second-order valence-electron chi connectivity index (χ2n) is 12.7. The highest BCUT2D eigenvalue weighted by Gasteiger charge is 2.20. The highest BCUT2D eigenvalue weighted by Crippen LogP contribution is 2.38. The summed E-state index contributed by atoms with van der Waals surface area (Å²) in [4.78, 5) is 19.7. The van der Waals surface area contributed by atoms with Gasteiger partial charge in [0.15, 0.2) is 23.1 Å². The number of para-hydroxylation sites is 4. The van der Waals surface area contributed by atoms with E-state index in [1.54, 1.807) is 12.4 Å². The molecule has 6 aromatic carbocycles. The van der Waals surface area contributed by atoms with Gasteiger partial charge in [0.2, 0.25) is 0 Å². The summed E-state index contributed by atoms with van der Waals surface area (Å²) in [7, 11) is 0.